The minimum atomic E-state index is -1.09. The Morgan fingerprint density at radius 1 is 1.08 bits per heavy atom. The maximum absolute atomic E-state index is 15.8. The minimum Gasteiger partial charge on any atom is -0.386 e. The van der Waals surface area contributed by atoms with E-state index < -0.39 is 5.60 Å². The molecule has 1 fully saturated rings. The van der Waals surface area contributed by atoms with Crippen molar-refractivity contribution in [1.29, 1.82) is 0 Å². The van der Waals surface area contributed by atoms with Gasteiger partial charge in [0.2, 0.25) is 0 Å². The van der Waals surface area contributed by atoms with Gasteiger partial charge in [0.25, 0.3) is 0 Å². The molecule has 8 nitrogen and oxygen atoms in total. The van der Waals surface area contributed by atoms with E-state index in [1.54, 1.807) is 37.8 Å². The second kappa shape index (κ2) is 9.50. The van der Waals surface area contributed by atoms with Crippen molar-refractivity contribution in [2.45, 2.75) is 52.2 Å². The molecule has 0 bridgehead atoms. The van der Waals surface area contributed by atoms with E-state index in [0.717, 1.165) is 35.1 Å². The molecule has 0 unspecified atom stereocenters. The smallest absolute Gasteiger partial charge is 0.133 e. The second-order valence-corrected chi connectivity index (χ2v) is 11.2. The average Bonchev–Trinajstić information content (AvgIpc) is 3.39. The fourth-order valence-electron chi connectivity index (χ4n) is 5.91. The van der Waals surface area contributed by atoms with Gasteiger partial charge in [-0.2, -0.15) is 0 Å². The molecule has 1 atom stereocenters. The van der Waals surface area contributed by atoms with Crippen molar-refractivity contribution < 1.29 is 14.2 Å². The highest BCUT2D eigenvalue weighted by Crippen LogP contribution is 2.42. The van der Waals surface area contributed by atoms with E-state index >= 15 is 4.39 Å². The number of aliphatic hydroxyl groups is 1. The molecule has 202 valence electrons. The van der Waals surface area contributed by atoms with E-state index in [1.807, 2.05) is 31.3 Å². The van der Waals surface area contributed by atoms with Crippen molar-refractivity contribution in [3.8, 4) is 11.3 Å². The lowest BCUT2D eigenvalue weighted by Crippen LogP contribution is -2.27. The van der Waals surface area contributed by atoms with Gasteiger partial charge in [0.1, 0.15) is 5.82 Å². The zero-order chi connectivity index (χ0) is 27.5. The van der Waals surface area contributed by atoms with Crippen molar-refractivity contribution in [3.63, 3.8) is 0 Å². The molecule has 1 aliphatic rings. The third-order valence-corrected chi connectivity index (χ3v) is 7.91. The van der Waals surface area contributed by atoms with Crippen LogP contribution in [0.3, 0.4) is 0 Å². The summed E-state index contributed by atoms with van der Waals surface area (Å²) >= 11 is 0. The quantitative estimate of drug-likeness (QED) is 0.329. The number of aromatic nitrogens is 6. The fraction of sp³-hybridized carbons (Fsp3) is 0.400. The van der Waals surface area contributed by atoms with Crippen LogP contribution in [0.5, 0.6) is 0 Å². The molecule has 6 rings (SSSR count). The Bertz CT molecular complexity index is 1670. The van der Waals surface area contributed by atoms with Crippen molar-refractivity contribution in [3.05, 3.63) is 71.1 Å². The number of halogens is 1. The van der Waals surface area contributed by atoms with Gasteiger partial charge >= 0.3 is 0 Å². The lowest BCUT2D eigenvalue weighted by Gasteiger charge is -2.32. The van der Waals surface area contributed by atoms with Gasteiger partial charge in [-0.05, 0) is 82.3 Å². The third kappa shape index (κ3) is 4.39. The molecule has 4 aromatic heterocycles. The second-order valence-electron chi connectivity index (χ2n) is 11.2. The van der Waals surface area contributed by atoms with Crippen LogP contribution in [-0.2, 0) is 17.4 Å². The van der Waals surface area contributed by atoms with Crippen LogP contribution in [0.2, 0.25) is 0 Å². The summed E-state index contributed by atoms with van der Waals surface area (Å²) in [7, 11) is 1.77. The largest absolute Gasteiger partial charge is 0.386 e. The van der Waals surface area contributed by atoms with E-state index in [1.165, 1.54) is 0 Å². The third-order valence-electron chi connectivity index (χ3n) is 7.91. The number of rotatable bonds is 5. The highest BCUT2D eigenvalue weighted by atomic mass is 19.1. The monoisotopic (exact) mass is 528 g/mol. The standard InChI is InChI=1S/C30H33FN6O2/c1-17-6-9-32-24(12-17)29(19-7-10-39-11-8-19)37-25-15-21(28-18(2)34-35-36(28)5)23(31)14-22(25)27-26(37)13-20(16-33-27)30(3,4)38/h6,9,12-16,19,29,38H,7-8,10-11H2,1-5H3/t29-/m0/s1. The zero-order valence-electron chi connectivity index (χ0n) is 22.9. The van der Waals surface area contributed by atoms with E-state index in [4.69, 9.17) is 14.7 Å². The first kappa shape index (κ1) is 25.6. The Labute approximate surface area is 226 Å². The number of hydrogen-bond donors (Lipinski definition) is 1. The van der Waals surface area contributed by atoms with E-state index in [9.17, 15) is 5.11 Å². The number of benzene rings is 1. The minimum absolute atomic E-state index is 0.142. The Balaban J connectivity index is 1.73. The van der Waals surface area contributed by atoms with Crippen LogP contribution in [0.1, 0.15) is 55.2 Å². The molecule has 9 heteroatoms. The van der Waals surface area contributed by atoms with Gasteiger partial charge in [0.15, 0.2) is 0 Å². The molecule has 1 saturated heterocycles. The number of pyridine rings is 2. The maximum atomic E-state index is 15.8. The molecule has 0 amide bonds. The predicted octanol–water partition coefficient (Wildman–Crippen LogP) is 5.38. The van der Waals surface area contributed by atoms with Gasteiger partial charge in [-0.1, -0.05) is 5.21 Å². The van der Waals surface area contributed by atoms with Crippen molar-refractivity contribution in [1.82, 2.24) is 29.5 Å². The van der Waals surface area contributed by atoms with Crippen LogP contribution in [0.25, 0.3) is 33.2 Å². The molecule has 1 aliphatic heterocycles. The first-order valence-electron chi connectivity index (χ1n) is 13.4. The van der Waals surface area contributed by atoms with Gasteiger partial charge < -0.3 is 14.4 Å². The average molecular weight is 529 g/mol. The summed E-state index contributed by atoms with van der Waals surface area (Å²) in [5.74, 6) is -0.119. The van der Waals surface area contributed by atoms with Gasteiger partial charge in [0.05, 0.1) is 45.3 Å². The highest BCUT2D eigenvalue weighted by molar-refractivity contribution is 6.07. The van der Waals surface area contributed by atoms with E-state index in [2.05, 4.69) is 27.9 Å². The molecular formula is C30H33FN6O2. The first-order valence-corrected chi connectivity index (χ1v) is 13.4. The summed E-state index contributed by atoms with van der Waals surface area (Å²) < 4.78 is 25.4. The summed E-state index contributed by atoms with van der Waals surface area (Å²) in [6.45, 7) is 8.75. The molecule has 5 aromatic rings. The van der Waals surface area contributed by atoms with Crippen LogP contribution in [0.4, 0.5) is 4.39 Å². The van der Waals surface area contributed by atoms with Crippen molar-refractivity contribution in [2.24, 2.45) is 13.0 Å². The van der Waals surface area contributed by atoms with Crippen molar-refractivity contribution in [2.75, 3.05) is 13.2 Å². The SMILES string of the molecule is Cc1ccnc([C@H](C2CCOCC2)n2c3cc(-c4c(C)nnn4C)c(F)cc3c3ncc(C(C)(C)O)cc32)c1. The van der Waals surface area contributed by atoms with Gasteiger partial charge in [0, 0.05) is 49.2 Å². The topological polar surface area (TPSA) is 90.9 Å². The molecule has 0 radical (unpaired) electrons. The van der Waals surface area contributed by atoms with Crippen LogP contribution >= 0.6 is 0 Å². The number of nitrogens with zero attached hydrogens (tertiary/aromatic N) is 6. The predicted molar refractivity (Wildman–Crippen MR) is 148 cm³/mol. The molecule has 0 spiro atoms. The van der Waals surface area contributed by atoms with Crippen LogP contribution in [0.15, 0.2) is 42.7 Å². The highest BCUT2D eigenvalue weighted by Gasteiger charge is 2.32. The Hall–Kier alpha value is -3.69. The maximum Gasteiger partial charge on any atom is 0.133 e. The molecule has 0 aliphatic carbocycles. The van der Waals surface area contributed by atoms with Gasteiger partial charge in [-0.15, -0.1) is 5.10 Å². The summed E-state index contributed by atoms with van der Waals surface area (Å²) in [4.78, 5) is 9.63. The number of aryl methyl sites for hydroxylation is 3. The lowest BCUT2D eigenvalue weighted by molar-refractivity contribution is 0.0547. The normalized spacial score (nSPS) is 15.9. The molecule has 1 N–H and O–H groups in total. The molecule has 39 heavy (non-hydrogen) atoms. The van der Waals surface area contributed by atoms with Crippen LogP contribution in [0, 0.1) is 25.6 Å². The van der Waals surface area contributed by atoms with Crippen molar-refractivity contribution >= 4 is 21.9 Å². The molecule has 5 heterocycles. The van der Waals surface area contributed by atoms with E-state index in [0.29, 0.717) is 46.6 Å². The lowest BCUT2D eigenvalue weighted by atomic mass is 9.88. The number of ether oxygens (including phenoxy) is 1. The Morgan fingerprint density at radius 2 is 1.85 bits per heavy atom. The fourth-order valence-corrected chi connectivity index (χ4v) is 5.91. The molecule has 0 saturated carbocycles. The Morgan fingerprint density at radius 3 is 2.51 bits per heavy atom. The molecule has 1 aromatic carbocycles. The summed E-state index contributed by atoms with van der Waals surface area (Å²) in [6.07, 6.45) is 5.28. The summed E-state index contributed by atoms with van der Waals surface area (Å²) in [5, 5.41) is 19.9. The number of hydrogen-bond acceptors (Lipinski definition) is 6. The number of fused-ring (bicyclic) bond motifs is 3. The molecular weight excluding hydrogens is 495 g/mol. The summed E-state index contributed by atoms with van der Waals surface area (Å²) in [5.41, 5.74) is 5.75. The first-order chi connectivity index (χ1) is 18.6. The Kier molecular flexibility index (Phi) is 6.23. The van der Waals surface area contributed by atoms with Gasteiger partial charge in [-0.3, -0.25) is 9.97 Å². The van der Waals surface area contributed by atoms with E-state index in [-0.39, 0.29) is 17.8 Å². The summed E-state index contributed by atoms with van der Waals surface area (Å²) in [6, 6.07) is 9.43. The zero-order valence-corrected chi connectivity index (χ0v) is 22.9. The van der Waals surface area contributed by atoms with Crippen LogP contribution < -0.4 is 0 Å². The van der Waals surface area contributed by atoms with Gasteiger partial charge in [-0.25, -0.2) is 9.07 Å². The van der Waals surface area contributed by atoms with Crippen LogP contribution in [-0.4, -0.2) is 47.8 Å².